The highest BCUT2D eigenvalue weighted by Gasteiger charge is 2.32. The first-order chi connectivity index (χ1) is 19.0. The Bertz CT molecular complexity index is 1270. The smallest absolute Gasteiger partial charge is 0.269 e. The van der Waals surface area contributed by atoms with Crippen molar-refractivity contribution in [3.05, 3.63) is 65.2 Å². The molecule has 1 N–H and O–H groups in total. The largest absolute Gasteiger partial charge is 0.588 e. The molecule has 1 aliphatic carbocycles. The van der Waals surface area contributed by atoms with Crippen molar-refractivity contribution < 1.29 is 9.29 Å². The Labute approximate surface area is 235 Å². The summed E-state index contributed by atoms with van der Waals surface area (Å²) < 4.78 is 22.9. The van der Waals surface area contributed by atoms with E-state index in [1.165, 1.54) is 50.8 Å². The lowest BCUT2D eigenvalue weighted by Crippen LogP contribution is -2.44. The molecule has 0 radical (unpaired) electrons. The van der Waals surface area contributed by atoms with Crippen molar-refractivity contribution >= 4 is 17.3 Å². The summed E-state index contributed by atoms with van der Waals surface area (Å²) in [6.07, 6.45) is 8.88. The second-order valence-corrected chi connectivity index (χ2v) is 13.0. The summed E-state index contributed by atoms with van der Waals surface area (Å²) in [5, 5.41) is 0. The molecular formula is C32H40N4O2S. The molecule has 3 heterocycles. The minimum atomic E-state index is -1.47. The fourth-order valence-electron chi connectivity index (χ4n) is 6.84. The summed E-state index contributed by atoms with van der Waals surface area (Å²) in [5.74, 6) is 2.78. The highest BCUT2D eigenvalue weighted by atomic mass is 32.2. The molecule has 2 unspecified atom stereocenters. The maximum atomic E-state index is 13.3. The zero-order chi connectivity index (χ0) is 26.8. The highest BCUT2D eigenvalue weighted by Crippen LogP contribution is 2.34. The monoisotopic (exact) mass is 544 g/mol. The molecule has 4 bridgehead atoms. The number of fused-ring (bicyclic) bond motifs is 5. The van der Waals surface area contributed by atoms with Gasteiger partial charge in [-0.2, -0.15) is 9.71 Å². The number of likely N-dealkylation sites (tertiary alicyclic amines) is 1. The van der Waals surface area contributed by atoms with Gasteiger partial charge in [0.15, 0.2) is 4.90 Å². The fraction of sp³-hybridized carbons (Fsp3) is 0.500. The van der Waals surface area contributed by atoms with Crippen molar-refractivity contribution in [1.29, 1.82) is 0 Å². The summed E-state index contributed by atoms with van der Waals surface area (Å²) in [7, 11) is 0. The van der Waals surface area contributed by atoms with Crippen molar-refractivity contribution in [1.82, 2.24) is 14.9 Å². The van der Waals surface area contributed by atoms with Crippen molar-refractivity contribution in [2.24, 2.45) is 17.8 Å². The van der Waals surface area contributed by atoms with Gasteiger partial charge in [0.05, 0.1) is 12.3 Å². The Morgan fingerprint density at radius 2 is 1.77 bits per heavy atom. The molecule has 7 heteroatoms. The number of hydrogen-bond donors (Lipinski definition) is 1. The number of piperidine rings is 1. The van der Waals surface area contributed by atoms with Gasteiger partial charge in [0.25, 0.3) is 5.95 Å². The van der Waals surface area contributed by atoms with Gasteiger partial charge in [-0.15, -0.1) is 0 Å². The molecule has 0 spiro atoms. The van der Waals surface area contributed by atoms with Gasteiger partial charge >= 0.3 is 0 Å². The molecule has 3 aliphatic rings. The molecule has 39 heavy (non-hydrogen) atoms. The van der Waals surface area contributed by atoms with E-state index in [9.17, 15) is 4.55 Å². The quantitative estimate of drug-likeness (QED) is 0.388. The molecule has 6 nitrogen and oxygen atoms in total. The van der Waals surface area contributed by atoms with Gasteiger partial charge in [-0.3, -0.25) is 0 Å². The van der Waals surface area contributed by atoms with E-state index in [1.54, 1.807) is 0 Å². The van der Waals surface area contributed by atoms with Crippen molar-refractivity contribution in [2.45, 2.75) is 63.7 Å². The number of hydrogen-bond acceptors (Lipinski definition) is 6. The first-order valence-corrected chi connectivity index (χ1v) is 15.7. The van der Waals surface area contributed by atoms with E-state index >= 15 is 0 Å². The van der Waals surface area contributed by atoms with E-state index in [4.69, 9.17) is 9.72 Å². The summed E-state index contributed by atoms with van der Waals surface area (Å²) in [6, 6.07) is 16.4. The topological polar surface area (TPSA) is 73.3 Å². The number of rotatable bonds is 3. The summed E-state index contributed by atoms with van der Waals surface area (Å²) >= 11 is -1.47. The van der Waals surface area contributed by atoms with Crippen LogP contribution in [0, 0.1) is 31.6 Å². The predicted octanol–water partition coefficient (Wildman–Crippen LogP) is 6.35. The van der Waals surface area contributed by atoms with Gasteiger partial charge in [-0.25, -0.2) is 4.98 Å². The number of aryl methyl sites for hydroxylation is 3. The van der Waals surface area contributed by atoms with Crippen LogP contribution in [-0.2, 0) is 17.8 Å². The van der Waals surface area contributed by atoms with E-state index in [0.717, 1.165) is 52.6 Å². The van der Waals surface area contributed by atoms with Crippen LogP contribution >= 0.6 is 0 Å². The lowest BCUT2D eigenvalue weighted by Gasteiger charge is -2.39. The molecule has 1 saturated heterocycles. The molecule has 2 aliphatic heterocycles. The molecule has 2 fully saturated rings. The number of ether oxygens (including phenoxy) is 1. The predicted molar refractivity (Wildman–Crippen MR) is 157 cm³/mol. The normalized spacial score (nSPS) is 24.3. The molecule has 3 aromatic rings. The van der Waals surface area contributed by atoms with E-state index in [-0.39, 0.29) is 0 Å². The van der Waals surface area contributed by atoms with Crippen molar-refractivity contribution in [2.75, 3.05) is 31.0 Å². The van der Waals surface area contributed by atoms with Crippen LogP contribution in [0.25, 0.3) is 11.3 Å². The van der Waals surface area contributed by atoms with Crippen LogP contribution in [0.4, 0.5) is 5.95 Å². The van der Waals surface area contributed by atoms with Gasteiger partial charge in [0.2, 0.25) is 5.88 Å². The SMILES string of the molecule is Cc1cccc(C)c1-c1cc2nc(n1)N[S+]([O-])c1cccc(c1)CCC1CCN(CC3CCCC3)C[C@@H]1CO2. The van der Waals surface area contributed by atoms with Crippen LogP contribution in [0.5, 0.6) is 5.88 Å². The Morgan fingerprint density at radius 3 is 2.59 bits per heavy atom. The maximum Gasteiger partial charge on any atom is 0.269 e. The summed E-state index contributed by atoms with van der Waals surface area (Å²) in [5.41, 5.74) is 5.38. The first kappa shape index (κ1) is 26.6. The minimum Gasteiger partial charge on any atom is -0.588 e. The lowest BCUT2D eigenvalue weighted by molar-refractivity contribution is 0.0661. The van der Waals surface area contributed by atoms with E-state index < -0.39 is 11.4 Å². The second-order valence-electron chi connectivity index (χ2n) is 11.8. The van der Waals surface area contributed by atoms with Gasteiger partial charge in [0.1, 0.15) is 11.4 Å². The first-order valence-electron chi connectivity index (χ1n) is 14.6. The Balaban J connectivity index is 1.33. The molecular weight excluding hydrogens is 504 g/mol. The highest BCUT2D eigenvalue weighted by molar-refractivity contribution is 7.92. The number of nitrogens with zero attached hydrogens (tertiary/aromatic N) is 3. The number of anilines is 1. The van der Waals surface area contributed by atoms with Crippen molar-refractivity contribution in [3.8, 4) is 17.1 Å². The van der Waals surface area contributed by atoms with E-state index in [1.807, 2.05) is 18.2 Å². The molecule has 2 aromatic carbocycles. The van der Waals surface area contributed by atoms with Crippen LogP contribution in [0.2, 0.25) is 0 Å². The average Bonchev–Trinajstić information content (AvgIpc) is 3.44. The molecule has 1 aromatic heterocycles. The van der Waals surface area contributed by atoms with Crippen LogP contribution < -0.4 is 9.46 Å². The third kappa shape index (κ3) is 6.26. The second kappa shape index (κ2) is 11.9. The van der Waals surface area contributed by atoms with Gasteiger partial charge in [-0.05, 0) is 93.2 Å². The average molecular weight is 545 g/mol. The van der Waals surface area contributed by atoms with Crippen LogP contribution in [0.15, 0.2) is 53.4 Å². The maximum absolute atomic E-state index is 13.3. The molecule has 6 rings (SSSR count). The summed E-state index contributed by atoms with van der Waals surface area (Å²) in [6.45, 7) is 8.33. The fourth-order valence-corrected chi connectivity index (χ4v) is 7.68. The van der Waals surface area contributed by atoms with Crippen LogP contribution in [-0.4, -0.2) is 45.7 Å². The van der Waals surface area contributed by atoms with Gasteiger partial charge in [0, 0.05) is 30.6 Å². The molecule has 3 atom stereocenters. The third-order valence-electron chi connectivity index (χ3n) is 8.95. The minimum absolute atomic E-state index is 0.328. The Hall–Kier alpha value is -2.61. The van der Waals surface area contributed by atoms with Gasteiger partial charge in [-0.1, -0.05) is 43.2 Å². The van der Waals surface area contributed by atoms with Gasteiger partial charge < -0.3 is 14.2 Å². The van der Waals surface area contributed by atoms with Crippen molar-refractivity contribution in [3.63, 3.8) is 0 Å². The van der Waals surface area contributed by atoms with Crippen LogP contribution in [0.3, 0.4) is 0 Å². The Kier molecular flexibility index (Phi) is 8.09. The zero-order valence-electron chi connectivity index (χ0n) is 23.2. The molecule has 1 saturated carbocycles. The Morgan fingerprint density at radius 1 is 0.974 bits per heavy atom. The number of nitrogens with one attached hydrogen (secondary N) is 1. The standard InChI is InChI=1S/C32H40N4O2S/c1-22-7-5-8-23(2)31(22)29-18-30-34-32(33-29)35-39(37)28-12-6-11-24(17-28)13-14-26-15-16-36(20-27(26)21-38-30)19-25-9-3-4-10-25/h5-8,11-12,17-18,25-27H,3-4,9-10,13-16,19-21H2,1-2H3,(H,33,34,35)/t26?,27-,39?/m1/s1. The molecule has 0 amide bonds. The third-order valence-corrected chi connectivity index (χ3v) is 10.0. The van der Waals surface area contributed by atoms with E-state index in [0.29, 0.717) is 30.3 Å². The van der Waals surface area contributed by atoms with Crippen LogP contribution in [0.1, 0.15) is 55.2 Å². The molecule has 206 valence electrons. The number of benzene rings is 2. The lowest BCUT2D eigenvalue weighted by atomic mass is 9.81. The van der Waals surface area contributed by atoms with E-state index in [2.05, 4.69) is 58.8 Å². The summed E-state index contributed by atoms with van der Waals surface area (Å²) in [4.78, 5) is 12.9. The zero-order valence-corrected chi connectivity index (χ0v) is 24.0. The number of aromatic nitrogens is 2.